The molecular weight excluding hydrogens is 314 g/mol. The first-order valence-corrected chi connectivity index (χ1v) is 7.32. The summed E-state index contributed by atoms with van der Waals surface area (Å²) in [4.78, 5) is 20.3. The number of nitrogens with zero attached hydrogens (tertiary/aromatic N) is 2. The first-order chi connectivity index (χ1) is 11.5. The summed E-state index contributed by atoms with van der Waals surface area (Å²) in [5, 5.41) is 24.4. The van der Waals surface area contributed by atoms with Gasteiger partial charge >= 0.3 is 0 Å². The lowest BCUT2D eigenvalue weighted by molar-refractivity contribution is -0.385. The maximum Gasteiger partial charge on any atom is 0.269 e. The molecule has 0 aliphatic rings. The minimum absolute atomic E-state index is 0.0197. The minimum atomic E-state index is -0.461. The van der Waals surface area contributed by atoms with E-state index in [2.05, 4.69) is 5.32 Å². The Kier molecular flexibility index (Phi) is 5.80. The Labute approximate surface area is 138 Å². The van der Waals surface area contributed by atoms with Crippen LogP contribution in [0.3, 0.4) is 0 Å². The zero-order valence-electron chi connectivity index (χ0n) is 13.0. The maximum atomic E-state index is 10.6. The van der Waals surface area contributed by atoms with Crippen molar-refractivity contribution in [3.63, 3.8) is 0 Å². The highest BCUT2D eigenvalue weighted by Crippen LogP contribution is 2.18. The van der Waals surface area contributed by atoms with Crippen LogP contribution in [-0.2, 0) is 0 Å². The second-order valence-electron chi connectivity index (χ2n) is 5.12. The Morgan fingerprint density at radius 2 is 1.46 bits per heavy atom. The van der Waals surface area contributed by atoms with Gasteiger partial charge in [-0.25, -0.2) is 0 Å². The molecule has 0 heterocycles. The molecule has 2 aromatic rings. The number of nitrogens with one attached hydrogen (secondary N) is 1. The molecule has 0 fully saturated rings. The van der Waals surface area contributed by atoms with E-state index in [0.717, 1.165) is 5.56 Å². The van der Waals surface area contributed by atoms with Gasteiger partial charge in [-0.15, -0.1) is 0 Å². The summed E-state index contributed by atoms with van der Waals surface area (Å²) < 4.78 is 5.50. The molecule has 24 heavy (non-hydrogen) atoms. The Morgan fingerprint density at radius 3 is 1.96 bits per heavy atom. The fourth-order valence-electron chi connectivity index (χ4n) is 2.11. The topological polar surface area (TPSA) is 108 Å². The maximum absolute atomic E-state index is 10.6. The van der Waals surface area contributed by atoms with Gasteiger partial charge in [0.15, 0.2) is 0 Å². The molecule has 0 radical (unpaired) electrons. The van der Waals surface area contributed by atoms with Crippen LogP contribution in [-0.4, -0.2) is 23.0 Å². The monoisotopic (exact) mass is 331 g/mol. The molecule has 2 rings (SSSR count). The number of rotatable bonds is 8. The third kappa shape index (κ3) is 4.75. The smallest absolute Gasteiger partial charge is 0.269 e. The van der Waals surface area contributed by atoms with E-state index in [-0.39, 0.29) is 17.4 Å². The number of ether oxygens (including phenoxy) is 1. The first-order valence-electron chi connectivity index (χ1n) is 7.32. The predicted molar refractivity (Wildman–Crippen MR) is 88.1 cm³/mol. The molecular formula is C16H17N3O5. The Bertz CT molecular complexity index is 701. The molecule has 0 amide bonds. The molecule has 0 bridgehead atoms. The third-order valence-electron chi connectivity index (χ3n) is 3.47. The second-order valence-corrected chi connectivity index (χ2v) is 5.12. The summed E-state index contributed by atoms with van der Waals surface area (Å²) in [5.41, 5.74) is 1.02. The third-order valence-corrected chi connectivity index (χ3v) is 3.47. The summed E-state index contributed by atoms with van der Waals surface area (Å²) in [6.45, 7) is 2.91. The number of nitro benzene ring substituents is 2. The highest BCUT2D eigenvalue weighted by Gasteiger charge is 2.09. The van der Waals surface area contributed by atoms with Crippen molar-refractivity contribution < 1.29 is 14.6 Å². The molecule has 0 saturated carbocycles. The molecule has 0 aromatic heterocycles. The lowest BCUT2D eigenvalue weighted by Crippen LogP contribution is -2.24. The molecule has 8 nitrogen and oxygen atoms in total. The largest absolute Gasteiger partial charge is 0.492 e. The van der Waals surface area contributed by atoms with E-state index in [1.165, 1.54) is 24.3 Å². The molecule has 0 saturated heterocycles. The lowest BCUT2D eigenvalue weighted by Gasteiger charge is -2.14. The highest BCUT2D eigenvalue weighted by molar-refractivity contribution is 5.36. The van der Waals surface area contributed by atoms with Crippen LogP contribution < -0.4 is 10.1 Å². The summed E-state index contributed by atoms with van der Waals surface area (Å²) in [6, 6.07) is 12.3. The fraction of sp³-hybridized carbons (Fsp3) is 0.250. The van der Waals surface area contributed by atoms with E-state index < -0.39 is 9.85 Å². The lowest BCUT2D eigenvalue weighted by atomic mass is 10.1. The summed E-state index contributed by atoms with van der Waals surface area (Å²) in [5.74, 6) is 0.561. The minimum Gasteiger partial charge on any atom is -0.492 e. The summed E-state index contributed by atoms with van der Waals surface area (Å²) >= 11 is 0. The van der Waals surface area contributed by atoms with Crippen LogP contribution in [0, 0.1) is 20.2 Å². The van der Waals surface area contributed by atoms with Crippen LogP contribution in [0.1, 0.15) is 18.5 Å². The van der Waals surface area contributed by atoms with Gasteiger partial charge in [0, 0.05) is 36.9 Å². The second kappa shape index (κ2) is 8.02. The SMILES string of the molecule is C[C@@H](NCCOc1ccc([N+](=O)[O-])cc1)c1ccc([N+](=O)[O-])cc1. The van der Waals surface area contributed by atoms with Gasteiger partial charge in [0.05, 0.1) is 9.85 Å². The Balaban J connectivity index is 1.77. The van der Waals surface area contributed by atoms with E-state index in [9.17, 15) is 20.2 Å². The zero-order valence-corrected chi connectivity index (χ0v) is 13.0. The summed E-state index contributed by atoms with van der Waals surface area (Å²) in [7, 11) is 0. The van der Waals surface area contributed by atoms with E-state index >= 15 is 0 Å². The predicted octanol–water partition coefficient (Wildman–Crippen LogP) is 3.23. The normalized spacial score (nSPS) is 11.7. The molecule has 8 heteroatoms. The quantitative estimate of drug-likeness (QED) is 0.452. The zero-order chi connectivity index (χ0) is 17.5. The van der Waals surface area contributed by atoms with Gasteiger partial charge in [0.2, 0.25) is 0 Å². The van der Waals surface area contributed by atoms with Crippen LogP contribution in [0.25, 0.3) is 0 Å². The van der Waals surface area contributed by atoms with Gasteiger partial charge < -0.3 is 10.1 Å². The molecule has 1 N–H and O–H groups in total. The van der Waals surface area contributed by atoms with Crippen LogP contribution in [0.5, 0.6) is 5.75 Å². The molecule has 1 atom stereocenters. The van der Waals surface area contributed by atoms with Gasteiger partial charge in [0.25, 0.3) is 11.4 Å². The van der Waals surface area contributed by atoms with Crippen molar-refractivity contribution in [2.75, 3.05) is 13.2 Å². The van der Waals surface area contributed by atoms with Crippen molar-refractivity contribution in [1.29, 1.82) is 0 Å². The van der Waals surface area contributed by atoms with Gasteiger partial charge in [0.1, 0.15) is 12.4 Å². The molecule has 0 aliphatic carbocycles. The molecule has 0 unspecified atom stereocenters. The molecule has 126 valence electrons. The van der Waals surface area contributed by atoms with E-state index in [0.29, 0.717) is 18.9 Å². The van der Waals surface area contributed by atoms with Gasteiger partial charge in [-0.3, -0.25) is 20.2 Å². The number of benzene rings is 2. The molecule has 0 spiro atoms. The van der Waals surface area contributed by atoms with Gasteiger partial charge in [-0.1, -0.05) is 12.1 Å². The van der Waals surface area contributed by atoms with E-state index in [1.54, 1.807) is 24.3 Å². The van der Waals surface area contributed by atoms with Crippen molar-refractivity contribution in [2.24, 2.45) is 0 Å². The first kappa shape index (κ1) is 17.4. The van der Waals surface area contributed by atoms with Crippen LogP contribution >= 0.6 is 0 Å². The highest BCUT2D eigenvalue weighted by atomic mass is 16.6. The number of hydrogen-bond donors (Lipinski definition) is 1. The molecule has 2 aromatic carbocycles. The standard InChI is InChI=1S/C16H17N3O5/c1-12(13-2-4-14(5-3-13)18(20)21)17-10-11-24-16-8-6-15(7-9-16)19(22)23/h2-9,12,17H,10-11H2,1H3/t12-/m1/s1. The average Bonchev–Trinajstić information content (AvgIpc) is 2.59. The Morgan fingerprint density at radius 1 is 0.958 bits per heavy atom. The number of hydrogen-bond acceptors (Lipinski definition) is 6. The van der Waals surface area contributed by atoms with Gasteiger partial charge in [-0.2, -0.15) is 0 Å². The molecule has 0 aliphatic heterocycles. The van der Waals surface area contributed by atoms with Crippen LogP contribution in [0.2, 0.25) is 0 Å². The Hall–Kier alpha value is -3.00. The van der Waals surface area contributed by atoms with Crippen molar-refractivity contribution >= 4 is 11.4 Å². The van der Waals surface area contributed by atoms with Crippen molar-refractivity contribution in [3.8, 4) is 5.75 Å². The number of nitro groups is 2. The average molecular weight is 331 g/mol. The van der Waals surface area contributed by atoms with Crippen molar-refractivity contribution in [1.82, 2.24) is 5.32 Å². The van der Waals surface area contributed by atoms with Crippen molar-refractivity contribution in [3.05, 3.63) is 74.3 Å². The van der Waals surface area contributed by atoms with E-state index in [1.807, 2.05) is 6.92 Å². The van der Waals surface area contributed by atoms with Crippen LogP contribution in [0.4, 0.5) is 11.4 Å². The van der Waals surface area contributed by atoms with E-state index in [4.69, 9.17) is 4.74 Å². The van der Waals surface area contributed by atoms with Crippen LogP contribution in [0.15, 0.2) is 48.5 Å². The number of non-ortho nitro benzene ring substituents is 2. The van der Waals surface area contributed by atoms with Crippen molar-refractivity contribution in [2.45, 2.75) is 13.0 Å². The summed E-state index contributed by atoms with van der Waals surface area (Å²) in [6.07, 6.45) is 0. The van der Waals surface area contributed by atoms with Gasteiger partial charge in [-0.05, 0) is 24.6 Å². The fourth-order valence-corrected chi connectivity index (χ4v) is 2.11.